The molecule has 0 N–H and O–H groups in total. The zero-order valence-electron chi connectivity index (χ0n) is 20.4. The van der Waals surface area contributed by atoms with Crippen LogP contribution in [-0.2, 0) is 13.1 Å². The Kier molecular flexibility index (Phi) is 7.40. The summed E-state index contributed by atoms with van der Waals surface area (Å²) in [5.74, 6) is 0.845. The van der Waals surface area contributed by atoms with Gasteiger partial charge in [-0.3, -0.25) is 19.4 Å². The molecule has 0 spiro atoms. The topological polar surface area (TPSA) is 82.4 Å². The number of hydrogen-bond acceptors (Lipinski definition) is 6. The Hall–Kier alpha value is -4.20. The van der Waals surface area contributed by atoms with Gasteiger partial charge < -0.3 is 9.47 Å². The fourth-order valence-electron chi connectivity index (χ4n) is 3.89. The highest BCUT2D eigenvalue weighted by molar-refractivity contribution is 6.09. The molecule has 0 unspecified atom stereocenters. The number of carbonyl (C=O) groups is 1. The number of methoxy groups -OCH3 is 2. The van der Waals surface area contributed by atoms with E-state index in [2.05, 4.69) is 41.3 Å². The van der Waals surface area contributed by atoms with Crippen molar-refractivity contribution in [3.05, 3.63) is 84.0 Å². The van der Waals surface area contributed by atoms with Gasteiger partial charge in [-0.05, 0) is 37.1 Å². The molecule has 0 aliphatic carbocycles. The summed E-state index contributed by atoms with van der Waals surface area (Å²) in [5, 5.41) is 4.48. The average molecular weight is 472 g/mol. The second kappa shape index (κ2) is 10.8. The molecule has 3 aromatic heterocycles. The summed E-state index contributed by atoms with van der Waals surface area (Å²) in [6.07, 6.45) is 16.6. The van der Waals surface area contributed by atoms with Crippen LogP contribution in [0.4, 0.5) is 5.69 Å². The highest BCUT2D eigenvalue weighted by Gasteiger charge is 2.31. The van der Waals surface area contributed by atoms with Crippen molar-refractivity contribution in [2.45, 2.75) is 33.4 Å². The van der Waals surface area contributed by atoms with Crippen LogP contribution in [0, 0.1) is 0 Å². The molecule has 1 aliphatic rings. The van der Waals surface area contributed by atoms with Crippen molar-refractivity contribution >= 4 is 11.6 Å². The van der Waals surface area contributed by atoms with Crippen LogP contribution in [0.25, 0.3) is 11.3 Å². The first-order chi connectivity index (χ1) is 17.1. The Morgan fingerprint density at radius 3 is 2.80 bits per heavy atom. The largest absolute Gasteiger partial charge is 0.491 e. The Morgan fingerprint density at radius 2 is 2.06 bits per heavy atom. The standard InChI is InChI=1S/C27H29N5O3/c1-5-7-8-10-19(9-6-2)16-31-17-21(15-29-31)32-18-24-22(27(32)33)11-12-23(30-24)20-13-25(34-3)26(35-4)28-14-20/h6-15,17H,5,16,18H2,1-4H3/b8-7+,9-6-,19-10+. The van der Waals surface area contributed by atoms with Crippen LogP contribution >= 0.6 is 0 Å². The zero-order valence-corrected chi connectivity index (χ0v) is 20.4. The molecule has 0 saturated carbocycles. The lowest BCUT2D eigenvalue weighted by atomic mass is 10.1. The summed E-state index contributed by atoms with van der Waals surface area (Å²) >= 11 is 0. The number of ether oxygens (including phenoxy) is 2. The predicted octanol–water partition coefficient (Wildman–Crippen LogP) is 4.99. The molecule has 0 saturated heterocycles. The summed E-state index contributed by atoms with van der Waals surface area (Å²) < 4.78 is 12.4. The van der Waals surface area contributed by atoms with Crippen molar-refractivity contribution in [3.8, 4) is 22.9 Å². The van der Waals surface area contributed by atoms with E-state index in [1.54, 1.807) is 31.5 Å². The van der Waals surface area contributed by atoms with Gasteiger partial charge in [-0.1, -0.05) is 37.3 Å². The summed E-state index contributed by atoms with van der Waals surface area (Å²) in [6.45, 7) is 5.09. The number of amides is 1. The Labute approximate surface area is 205 Å². The lowest BCUT2D eigenvalue weighted by Crippen LogP contribution is -2.22. The van der Waals surface area contributed by atoms with E-state index in [4.69, 9.17) is 14.5 Å². The van der Waals surface area contributed by atoms with Gasteiger partial charge in [0, 0.05) is 18.0 Å². The average Bonchev–Trinajstić information content (AvgIpc) is 3.47. The fraction of sp³-hybridized carbons (Fsp3) is 0.259. The number of hydrogen-bond donors (Lipinski definition) is 0. The van der Waals surface area contributed by atoms with E-state index in [0.717, 1.165) is 23.2 Å². The van der Waals surface area contributed by atoms with Crippen LogP contribution in [0.3, 0.4) is 0 Å². The van der Waals surface area contributed by atoms with Gasteiger partial charge in [-0.15, -0.1) is 0 Å². The van der Waals surface area contributed by atoms with E-state index >= 15 is 0 Å². The highest BCUT2D eigenvalue weighted by atomic mass is 16.5. The Bertz CT molecular complexity index is 1310. The van der Waals surface area contributed by atoms with E-state index in [1.807, 2.05) is 42.1 Å². The lowest BCUT2D eigenvalue weighted by molar-refractivity contribution is 0.0996. The molecule has 0 radical (unpaired) electrons. The Morgan fingerprint density at radius 1 is 1.20 bits per heavy atom. The predicted molar refractivity (Wildman–Crippen MR) is 136 cm³/mol. The second-order valence-corrected chi connectivity index (χ2v) is 7.99. The highest BCUT2D eigenvalue weighted by Crippen LogP contribution is 2.32. The smallest absolute Gasteiger partial charge is 0.260 e. The molecule has 180 valence electrons. The first-order valence-electron chi connectivity index (χ1n) is 11.5. The SMILES string of the molecule is C\C=C/C(=C\C=C\CC)Cn1cc(N2Cc3nc(-c4cnc(OC)c(OC)c4)ccc3C2=O)cn1. The number of nitrogens with zero attached hydrogens (tertiary/aromatic N) is 5. The van der Waals surface area contributed by atoms with Crippen LogP contribution in [-0.4, -0.2) is 39.9 Å². The van der Waals surface area contributed by atoms with Crippen LogP contribution < -0.4 is 14.4 Å². The normalized spacial score (nSPS) is 13.8. The maximum Gasteiger partial charge on any atom is 0.260 e. The monoisotopic (exact) mass is 471 g/mol. The second-order valence-electron chi connectivity index (χ2n) is 7.99. The molecule has 4 rings (SSSR count). The van der Waals surface area contributed by atoms with E-state index in [0.29, 0.717) is 41.7 Å². The first-order valence-corrected chi connectivity index (χ1v) is 11.5. The van der Waals surface area contributed by atoms with Crippen molar-refractivity contribution < 1.29 is 14.3 Å². The molecule has 0 aromatic carbocycles. The molecule has 3 aromatic rings. The molecular formula is C27H29N5O3. The van der Waals surface area contributed by atoms with Gasteiger partial charge in [0.15, 0.2) is 5.75 Å². The molecule has 35 heavy (non-hydrogen) atoms. The van der Waals surface area contributed by atoms with Gasteiger partial charge in [0.1, 0.15) is 0 Å². The number of fused-ring (bicyclic) bond motifs is 1. The van der Waals surface area contributed by atoms with E-state index in [1.165, 1.54) is 0 Å². The van der Waals surface area contributed by atoms with Crippen LogP contribution in [0.15, 0.2) is 72.7 Å². The van der Waals surface area contributed by atoms with Crippen LogP contribution in [0.5, 0.6) is 11.6 Å². The van der Waals surface area contributed by atoms with Crippen molar-refractivity contribution in [2.75, 3.05) is 19.1 Å². The third-order valence-corrected chi connectivity index (χ3v) is 5.62. The summed E-state index contributed by atoms with van der Waals surface area (Å²) in [4.78, 5) is 23.8. The minimum absolute atomic E-state index is 0.0841. The molecule has 4 heterocycles. The van der Waals surface area contributed by atoms with Gasteiger partial charge >= 0.3 is 0 Å². The molecule has 0 fully saturated rings. The van der Waals surface area contributed by atoms with E-state index in [-0.39, 0.29) is 5.91 Å². The summed E-state index contributed by atoms with van der Waals surface area (Å²) in [6, 6.07) is 5.46. The minimum atomic E-state index is -0.0841. The zero-order chi connectivity index (χ0) is 24.8. The van der Waals surface area contributed by atoms with Gasteiger partial charge in [-0.25, -0.2) is 4.98 Å². The lowest BCUT2D eigenvalue weighted by Gasteiger charge is -2.12. The Balaban J connectivity index is 1.54. The van der Waals surface area contributed by atoms with Crippen molar-refractivity contribution in [2.24, 2.45) is 0 Å². The fourth-order valence-corrected chi connectivity index (χ4v) is 3.89. The molecular weight excluding hydrogens is 442 g/mol. The third kappa shape index (κ3) is 5.16. The molecule has 1 amide bonds. The molecule has 8 heteroatoms. The number of rotatable bonds is 9. The summed E-state index contributed by atoms with van der Waals surface area (Å²) in [5.41, 5.74) is 4.67. The van der Waals surface area contributed by atoms with Crippen molar-refractivity contribution in [1.29, 1.82) is 0 Å². The van der Waals surface area contributed by atoms with Gasteiger partial charge in [0.05, 0.1) is 56.1 Å². The first kappa shape index (κ1) is 23.9. The van der Waals surface area contributed by atoms with Crippen LogP contribution in [0.2, 0.25) is 0 Å². The van der Waals surface area contributed by atoms with E-state index < -0.39 is 0 Å². The van der Waals surface area contributed by atoms with Crippen molar-refractivity contribution in [1.82, 2.24) is 19.7 Å². The number of aromatic nitrogens is 4. The van der Waals surface area contributed by atoms with E-state index in [9.17, 15) is 4.79 Å². The number of pyridine rings is 2. The number of allylic oxidation sites excluding steroid dienone is 6. The van der Waals surface area contributed by atoms with Gasteiger partial charge in [0.2, 0.25) is 0 Å². The van der Waals surface area contributed by atoms with Crippen LogP contribution in [0.1, 0.15) is 36.3 Å². The molecule has 0 bridgehead atoms. The maximum atomic E-state index is 13.1. The number of carbonyl (C=O) groups excluding carboxylic acids is 1. The third-order valence-electron chi connectivity index (χ3n) is 5.62. The quantitative estimate of drug-likeness (QED) is 0.409. The molecule has 1 aliphatic heterocycles. The van der Waals surface area contributed by atoms with Gasteiger partial charge in [-0.2, -0.15) is 5.10 Å². The maximum absolute atomic E-state index is 13.1. The molecule has 0 atom stereocenters. The van der Waals surface area contributed by atoms with Gasteiger partial charge in [0.25, 0.3) is 11.8 Å². The minimum Gasteiger partial charge on any atom is -0.491 e. The summed E-state index contributed by atoms with van der Waals surface area (Å²) in [7, 11) is 3.11. The number of anilines is 1. The molecule has 8 nitrogen and oxygen atoms in total. The van der Waals surface area contributed by atoms with Crippen molar-refractivity contribution in [3.63, 3.8) is 0 Å².